The van der Waals surface area contributed by atoms with Crippen LogP contribution < -0.4 is 10.6 Å². The summed E-state index contributed by atoms with van der Waals surface area (Å²) < 4.78 is 0. The lowest BCUT2D eigenvalue weighted by atomic mass is 10.4. The van der Waals surface area contributed by atoms with Gasteiger partial charge in [0.15, 0.2) is 0 Å². The van der Waals surface area contributed by atoms with Crippen LogP contribution in [0.1, 0.15) is 5.69 Å². The maximum absolute atomic E-state index is 5.51. The molecule has 0 aliphatic heterocycles. The van der Waals surface area contributed by atoms with Crippen molar-refractivity contribution in [3.63, 3.8) is 0 Å². The number of likely N-dealkylation sites (N-methyl/N-ethyl adjacent to an activating group) is 2. The fourth-order valence-electron chi connectivity index (χ4n) is 1.14. The molecule has 0 amide bonds. The van der Waals surface area contributed by atoms with E-state index >= 15 is 0 Å². The van der Waals surface area contributed by atoms with E-state index < -0.39 is 0 Å². The highest BCUT2D eigenvalue weighted by Gasteiger charge is 2.03. The van der Waals surface area contributed by atoms with Gasteiger partial charge in [-0.2, -0.15) is 0 Å². The smallest absolute Gasteiger partial charge is 0.147 e. The van der Waals surface area contributed by atoms with Crippen LogP contribution in [0, 0.1) is 0 Å². The van der Waals surface area contributed by atoms with Crippen LogP contribution in [-0.2, 0) is 6.54 Å². The van der Waals surface area contributed by atoms with Crippen LogP contribution in [0.5, 0.6) is 0 Å². The molecule has 1 rings (SSSR count). The lowest BCUT2D eigenvalue weighted by molar-refractivity contribution is 0.416. The Morgan fingerprint density at radius 1 is 1.20 bits per heavy atom. The van der Waals surface area contributed by atoms with Crippen LogP contribution in [0.4, 0.5) is 5.82 Å². The molecule has 0 atom stereocenters. The van der Waals surface area contributed by atoms with Gasteiger partial charge in [0.25, 0.3) is 0 Å². The number of nitrogens with two attached hydrogens (primary N) is 1. The lowest BCUT2D eigenvalue weighted by Gasteiger charge is -2.20. The topological polar surface area (TPSA) is 58.3 Å². The summed E-state index contributed by atoms with van der Waals surface area (Å²) in [5.74, 6) is 0.875. The molecule has 1 aromatic rings. The Bertz CT molecular complexity index is 300. The summed E-state index contributed by atoms with van der Waals surface area (Å²) in [5, 5.41) is 0. The van der Waals surface area contributed by atoms with E-state index in [1.807, 2.05) is 7.05 Å². The summed E-state index contributed by atoms with van der Waals surface area (Å²) in [6, 6.07) is 0. The van der Waals surface area contributed by atoms with Crippen molar-refractivity contribution in [3.8, 4) is 0 Å². The normalized spacial score (nSPS) is 10.7. The first-order valence-corrected chi connectivity index (χ1v) is 5.00. The minimum absolute atomic E-state index is 0.433. The van der Waals surface area contributed by atoms with Gasteiger partial charge in [-0.1, -0.05) is 0 Å². The fraction of sp³-hybridized carbons (Fsp3) is 0.600. The number of hydrogen-bond donors (Lipinski definition) is 1. The van der Waals surface area contributed by atoms with Gasteiger partial charge in [0.1, 0.15) is 5.82 Å². The summed E-state index contributed by atoms with van der Waals surface area (Å²) in [6.07, 6.45) is 3.46. The van der Waals surface area contributed by atoms with E-state index in [9.17, 15) is 0 Å². The number of nitrogens with zero attached hydrogens (tertiary/aromatic N) is 4. The van der Waals surface area contributed by atoms with Crippen LogP contribution >= 0.6 is 0 Å². The van der Waals surface area contributed by atoms with Gasteiger partial charge in [0.05, 0.1) is 11.9 Å². The number of aromatic nitrogens is 2. The molecule has 0 saturated carbocycles. The Morgan fingerprint density at radius 2 is 1.93 bits per heavy atom. The summed E-state index contributed by atoms with van der Waals surface area (Å²) in [6.45, 7) is 2.35. The van der Waals surface area contributed by atoms with Crippen molar-refractivity contribution in [2.24, 2.45) is 5.73 Å². The molecule has 5 nitrogen and oxygen atoms in total. The van der Waals surface area contributed by atoms with E-state index in [1.54, 1.807) is 12.4 Å². The molecule has 15 heavy (non-hydrogen) atoms. The third kappa shape index (κ3) is 3.81. The minimum Gasteiger partial charge on any atom is -0.357 e. The highest BCUT2D eigenvalue weighted by Crippen LogP contribution is 2.06. The quantitative estimate of drug-likeness (QED) is 0.736. The lowest BCUT2D eigenvalue weighted by Crippen LogP contribution is -2.29. The van der Waals surface area contributed by atoms with Crippen LogP contribution in [0.25, 0.3) is 0 Å². The van der Waals surface area contributed by atoms with Crippen molar-refractivity contribution in [3.05, 3.63) is 18.1 Å². The van der Waals surface area contributed by atoms with E-state index in [2.05, 4.69) is 33.9 Å². The second-order valence-electron chi connectivity index (χ2n) is 3.80. The van der Waals surface area contributed by atoms with Crippen molar-refractivity contribution in [1.82, 2.24) is 14.9 Å². The number of rotatable bonds is 5. The molecular formula is C10H19N5. The molecule has 0 aliphatic rings. The first-order valence-electron chi connectivity index (χ1n) is 5.00. The van der Waals surface area contributed by atoms with Crippen LogP contribution in [0.15, 0.2) is 12.4 Å². The molecule has 0 spiro atoms. The SMILES string of the molecule is CN(C)CCN(C)c1cncc(CN)n1. The van der Waals surface area contributed by atoms with Crippen LogP contribution in [-0.4, -0.2) is 49.1 Å². The molecule has 84 valence electrons. The molecule has 1 aromatic heterocycles. The minimum atomic E-state index is 0.433. The Hall–Kier alpha value is -1.20. The molecule has 0 unspecified atom stereocenters. The van der Waals surface area contributed by atoms with Crippen molar-refractivity contribution in [1.29, 1.82) is 0 Å². The van der Waals surface area contributed by atoms with Crippen LogP contribution in [0.3, 0.4) is 0 Å². The third-order valence-electron chi connectivity index (χ3n) is 2.15. The molecule has 0 saturated heterocycles. The fourth-order valence-corrected chi connectivity index (χ4v) is 1.14. The molecule has 2 N–H and O–H groups in total. The predicted molar refractivity (Wildman–Crippen MR) is 61.7 cm³/mol. The molecule has 1 heterocycles. The molecule has 0 bridgehead atoms. The third-order valence-corrected chi connectivity index (χ3v) is 2.15. The molecule has 0 radical (unpaired) electrons. The van der Waals surface area contributed by atoms with E-state index in [4.69, 9.17) is 5.73 Å². The maximum atomic E-state index is 5.51. The highest BCUT2D eigenvalue weighted by molar-refractivity contribution is 5.34. The summed E-state index contributed by atoms with van der Waals surface area (Å²) in [4.78, 5) is 12.7. The Balaban J connectivity index is 2.60. The first-order chi connectivity index (χ1) is 7.13. The average molecular weight is 209 g/mol. The van der Waals surface area contributed by atoms with Crippen molar-refractivity contribution < 1.29 is 0 Å². The summed E-state index contributed by atoms with van der Waals surface area (Å²) in [5.41, 5.74) is 6.34. The number of anilines is 1. The summed E-state index contributed by atoms with van der Waals surface area (Å²) in [7, 11) is 6.11. The van der Waals surface area contributed by atoms with Gasteiger partial charge in [-0.05, 0) is 14.1 Å². The van der Waals surface area contributed by atoms with Gasteiger partial charge in [-0.15, -0.1) is 0 Å². The van der Waals surface area contributed by atoms with Crippen molar-refractivity contribution in [2.75, 3.05) is 39.1 Å². The second kappa shape index (κ2) is 5.63. The number of hydrogen-bond acceptors (Lipinski definition) is 5. The van der Waals surface area contributed by atoms with E-state index in [-0.39, 0.29) is 0 Å². The van der Waals surface area contributed by atoms with E-state index in [0.717, 1.165) is 24.6 Å². The van der Waals surface area contributed by atoms with Crippen molar-refractivity contribution in [2.45, 2.75) is 6.54 Å². The summed E-state index contributed by atoms with van der Waals surface area (Å²) >= 11 is 0. The molecular weight excluding hydrogens is 190 g/mol. The second-order valence-corrected chi connectivity index (χ2v) is 3.80. The molecule has 0 fully saturated rings. The maximum Gasteiger partial charge on any atom is 0.147 e. The van der Waals surface area contributed by atoms with Crippen molar-refractivity contribution >= 4 is 5.82 Å². The Morgan fingerprint density at radius 3 is 2.53 bits per heavy atom. The highest BCUT2D eigenvalue weighted by atomic mass is 15.2. The molecule has 0 aromatic carbocycles. The first kappa shape index (κ1) is 11.9. The van der Waals surface area contributed by atoms with E-state index in [1.165, 1.54) is 0 Å². The van der Waals surface area contributed by atoms with Gasteiger partial charge in [-0.25, -0.2) is 4.98 Å². The zero-order valence-electron chi connectivity index (χ0n) is 9.64. The standard InChI is InChI=1S/C10H19N5/c1-14(2)4-5-15(3)10-8-12-7-9(6-11)13-10/h7-8H,4-6,11H2,1-3H3. The van der Waals surface area contributed by atoms with Gasteiger partial charge in [0, 0.05) is 32.9 Å². The van der Waals surface area contributed by atoms with Gasteiger partial charge in [0.2, 0.25) is 0 Å². The Labute approximate surface area is 90.9 Å². The monoisotopic (exact) mass is 209 g/mol. The van der Waals surface area contributed by atoms with Gasteiger partial charge >= 0.3 is 0 Å². The Kier molecular flexibility index (Phi) is 4.45. The zero-order chi connectivity index (χ0) is 11.3. The van der Waals surface area contributed by atoms with Gasteiger partial charge in [-0.3, -0.25) is 4.98 Å². The zero-order valence-corrected chi connectivity index (χ0v) is 9.64. The average Bonchev–Trinajstić information content (AvgIpc) is 2.26. The molecule has 5 heteroatoms. The molecule has 0 aliphatic carbocycles. The van der Waals surface area contributed by atoms with Crippen LogP contribution in [0.2, 0.25) is 0 Å². The van der Waals surface area contributed by atoms with Gasteiger partial charge < -0.3 is 15.5 Å². The largest absolute Gasteiger partial charge is 0.357 e. The predicted octanol–water partition coefficient (Wildman–Crippen LogP) is -0.0669. The van der Waals surface area contributed by atoms with E-state index in [0.29, 0.717) is 6.54 Å².